The minimum Gasteiger partial charge on any atom is -0.329 e. The molecule has 2 heteroatoms. The van der Waals surface area contributed by atoms with Crippen LogP contribution in [-0.2, 0) is 0 Å². The molecule has 2 unspecified atom stereocenters. The second-order valence-corrected chi connectivity index (χ2v) is 6.87. The molecule has 102 valence electrons. The van der Waals surface area contributed by atoms with Gasteiger partial charge in [0.1, 0.15) is 0 Å². The summed E-state index contributed by atoms with van der Waals surface area (Å²) in [5, 5.41) is 0. The van der Waals surface area contributed by atoms with Gasteiger partial charge in [-0.05, 0) is 50.5 Å². The summed E-state index contributed by atoms with van der Waals surface area (Å²) in [6.45, 7) is 15.0. The first-order chi connectivity index (χ1) is 7.89. The molecule has 0 aromatic carbocycles. The molecule has 1 aliphatic heterocycles. The molecule has 0 saturated carbocycles. The molecule has 2 nitrogen and oxygen atoms in total. The number of hydrogen-bond acceptors (Lipinski definition) is 2. The van der Waals surface area contributed by atoms with Crippen LogP contribution in [0.4, 0.5) is 0 Å². The van der Waals surface area contributed by atoms with Crippen molar-refractivity contribution in [3.8, 4) is 0 Å². The minimum atomic E-state index is 0.230. The van der Waals surface area contributed by atoms with E-state index in [1.807, 2.05) is 0 Å². The van der Waals surface area contributed by atoms with Crippen LogP contribution in [0.3, 0.4) is 0 Å². The first kappa shape index (κ1) is 15.0. The van der Waals surface area contributed by atoms with E-state index < -0.39 is 0 Å². The van der Waals surface area contributed by atoms with Crippen LogP contribution in [0.2, 0.25) is 0 Å². The zero-order chi connectivity index (χ0) is 13.1. The van der Waals surface area contributed by atoms with E-state index in [1.54, 1.807) is 0 Å². The van der Waals surface area contributed by atoms with Crippen LogP contribution in [0, 0.1) is 17.8 Å². The van der Waals surface area contributed by atoms with Crippen LogP contribution in [0.1, 0.15) is 53.9 Å². The lowest BCUT2D eigenvalue weighted by Gasteiger charge is -2.39. The molecule has 1 heterocycles. The minimum absolute atomic E-state index is 0.230. The smallest absolute Gasteiger partial charge is 0.0303 e. The van der Waals surface area contributed by atoms with Crippen molar-refractivity contribution in [2.75, 3.05) is 19.6 Å². The van der Waals surface area contributed by atoms with Gasteiger partial charge in [-0.3, -0.25) is 4.90 Å². The molecular formula is C15H32N2. The van der Waals surface area contributed by atoms with Gasteiger partial charge in [-0.15, -0.1) is 0 Å². The average molecular weight is 240 g/mol. The standard InChI is InChI=1S/C15H32N2/c1-12(2)6-8-15(5,11-16)17-9-7-14(10-17)13(3)4/h12-14H,6-11,16H2,1-5H3. The van der Waals surface area contributed by atoms with Crippen LogP contribution in [0.15, 0.2) is 0 Å². The molecule has 0 radical (unpaired) electrons. The fourth-order valence-corrected chi connectivity index (χ4v) is 2.81. The van der Waals surface area contributed by atoms with E-state index in [1.165, 1.54) is 32.4 Å². The van der Waals surface area contributed by atoms with Gasteiger partial charge in [-0.2, -0.15) is 0 Å². The predicted molar refractivity (Wildman–Crippen MR) is 76.0 cm³/mol. The molecule has 0 aromatic rings. The van der Waals surface area contributed by atoms with Crippen molar-refractivity contribution in [3.05, 3.63) is 0 Å². The van der Waals surface area contributed by atoms with Gasteiger partial charge in [-0.1, -0.05) is 27.7 Å². The third-order valence-corrected chi connectivity index (χ3v) is 4.63. The highest BCUT2D eigenvalue weighted by Crippen LogP contribution is 2.31. The van der Waals surface area contributed by atoms with Crippen LogP contribution in [0.25, 0.3) is 0 Å². The zero-order valence-electron chi connectivity index (χ0n) is 12.5. The molecule has 0 aliphatic carbocycles. The lowest BCUT2D eigenvalue weighted by atomic mass is 9.90. The van der Waals surface area contributed by atoms with E-state index in [0.29, 0.717) is 0 Å². The Morgan fingerprint density at radius 2 is 1.94 bits per heavy atom. The maximum Gasteiger partial charge on any atom is 0.0303 e. The highest BCUT2D eigenvalue weighted by Gasteiger charge is 2.36. The summed E-state index contributed by atoms with van der Waals surface area (Å²) in [5.74, 6) is 2.47. The topological polar surface area (TPSA) is 29.3 Å². The van der Waals surface area contributed by atoms with Crippen molar-refractivity contribution in [1.29, 1.82) is 0 Å². The van der Waals surface area contributed by atoms with E-state index in [0.717, 1.165) is 24.3 Å². The molecule has 2 atom stereocenters. The van der Waals surface area contributed by atoms with Gasteiger partial charge in [-0.25, -0.2) is 0 Å². The van der Waals surface area contributed by atoms with E-state index in [4.69, 9.17) is 5.73 Å². The molecule has 0 amide bonds. The summed E-state index contributed by atoms with van der Waals surface area (Å²) in [4.78, 5) is 2.65. The fraction of sp³-hybridized carbons (Fsp3) is 1.00. The molecule has 0 spiro atoms. The Hall–Kier alpha value is -0.0800. The van der Waals surface area contributed by atoms with E-state index in [-0.39, 0.29) is 5.54 Å². The Bertz CT molecular complexity index is 225. The number of hydrogen-bond donors (Lipinski definition) is 1. The van der Waals surface area contributed by atoms with Gasteiger partial charge in [0, 0.05) is 18.6 Å². The molecule has 1 aliphatic rings. The Morgan fingerprint density at radius 3 is 2.35 bits per heavy atom. The average Bonchev–Trinajstić information content (AvgIpc) is 2.75. The molecule has 1 saturated heterocycles. The number of nitrogens with two attached hydrogens (primary N) is 1. The van der Waals surface area contributed by atoms with Crippen LogP contribution in [-0.4, -0.2) is 30.1 Å². The normalized spacial score (nSPS) is 25.8. The van der Waals surface area contributed by atoms with Gasteiger partial charge in [0.05, 0.1) is 0 Å². The van der Waals surface area contributed by atoms with Gasteiger partial charge in [0.25, 0.3) is 0 Å². The van der Waals surface area contributed by atoms with E-state index in [9.17, 15) is 0 Å². The maximum absolute atomic E-state index is 6.05. The fourth-order valence-electron chi connectivity index (χ4n) is 2.81. The molecule has 0 aromatic heterocycles. The van der Waals surface area contributed by atoms with Crippen LogP contribution < -0.4 is 5.73 Å². The maximum atomic E-state index is 6.05. The van der Waals surface area contributed by atoms with Gasteiger partial charge in [0.15, 0.2) is 0 Å². The van der Waals surface area contributed by atoms with Crippen LogP contribution >= 0.6 is 0 Å². The number of likely N-dealkylation sites (tertiary alicyclic amines) is 1. The summed E-state index contributed by atoms with van der Waals surface area (Å²) in [6.07, 6.45) is 3.89. The second-order valence-electron chi connectivity index (χ2n) is 6.87. The Labute approximate surface area is 108 Å². The molecule has 1 fully saturated rings. The second kappa shape index (κ2) is 6.19. The first-order valence-corrected chi connectivity index (χ1v) is 7.34. The zero-order valence-corrected chi connectivity index (χ0v) is 12.5. The van der Waals surface area contributed by atoms with Gasteiger partial charge < -0.3 is 5.73 Å². The third kappa shape index (κ3) is 3.96. The lowest BCUT2D eigenvalue weighted by molar-refractivity contribution is 0.117. The van der Waals surface area contributed by atoms with Crippen molar-refractivity contribution in [2.24, 2.45) is 23.5 Å². The van der Waals surface area contributed by atoms with Crippen molar-refractivity contribution in [2.45, 2.75) is 59.4 Å². The van der Waals surface area contributed by atoms with Crippen molar-refractivity contribution < 1.29 is 0 Å². The number of rotatable bonds is 6. The number of nitrogens with zero attached hydrogens (tertiary/aromatic N) is 1. The lowest BCUT2D eigenvalue weighted by Crippen LogP contribution is -2.50. The summed E-state index contributed by atoms with van der Waals surface area (Å²) in [7, 11) is 0. The monoisotopic (exact) mass is 240 g/mol. The van der Waals surface area contributed by atoms with Crippen molar-refractivity contribution in [3.63, 3.8) is 0 Å². The third-order valence-electron chi connectivity index (χ3n) is 4.63. The largest absolute Gasteiger partial charge is 0.329 e. The molecular weight excluding hydrogens is 208 g/mol. The highest BCUT2D eigenvalue weighted by molar-refractivity contribution is 4.92. The van der Waals surface area contributed by atoms with Gasteiger partial charge in [0.2, 0.25) is 0 Å². The molecule has 0 bridgehead atoms. The molecule has 1 rings (SSSR count). The quantitative estimate of drug-likeness (QED) is 0.773. The summed E-state index contributed by atoms with van der Waals surface area (Å²) in [6, 6.07) is 0. The molecule has 17 heavy (non-hydrogen) atoms. The highest BCUT2D eigenvalue weighted by atomic mass is 15.2. The van der Waals surface area contributed by atoms with Crippen molar-refractivity contribution >= 4 is 0 Å². The Kier molecular flexibility index (Phi) is 5.46. The Morgan fingerprint density at radius 1 is 1.29 bits per heavy atom. The summed E-state index contributed by atoms with van der Waals surface area (Å²) < 4.78 is 0. The van der Waals surface area contributed by atoms with Crippen molar-refractivity contribution in [1.82, 2.24) is 4.90 Å². The molecule has 2 N–H and O–H groups in total. The SMILES string of the molecule is CC(C)CCC(C)(CN)N1CCC(C(C)C)C1. The summed E-state index contributed by atoms with van der Waals surface area (Å²) >= 11 is 0. The van der Waals surface area contributed by atoms with Crippen LogP contribution in [0.5, 0.6) is 0 Å². The predicted octanol–water partition coefficient (Wildman–Crippen LogP) is 3.12. The van der Waals surface area contributed by atoms with E-state index >= 15 is 0 Å². The Balaban J connectivity index is 2.55. The van der Waals surface area contributed by atoms with E-state index in [2.05, 4.69) is 39.5 Å². The van der Waals surface area contributed by atoms with Gasteiger partial charge >= 0.3 is 0 Å². The summed E-state index contributed by atoms with van der Waals surface area (Å²) in [5.41, 5.74) is 6.28. The first-order valence-electron chi connectivity index (χ1n) is 7.34.